The van der Waals surface area contributed by atoms with E-state index in [0.717, 1.165) is 13.0 Å². The van der Waals surface area contributed by atoms with Crippen LogP contribution >= 0.6 is 0 Å². The molecule has 1 amide bonds. The Morgan fingerprint density at radius 3 is 2.69 bits per heavy atom. The molecule has 16 heavy (non-hydrogen) atoms. The maximum atomic E-state index is 11.6. The predicted molar refractivity (Wildman–Crippen MR) is 60.1 cm³/mol. The van der Waals surface area contributed by atoms with Crippen LogP contribution in [-0.2, 0) is 9.59 Å². The van der Waals surface area contributed by atoms with E-state index in [0.29, 0.717) is 6.54 Å². The quantitative estimate of drug-likeness (QED) is 0.733. The summed E-state index contributed by atoms with van der Waals surface area (Å²) in [7, 11) is 3.97. The highest BCUT2D eigenvalue weighted by Gasteiger charge is 2.36. The van der Waals surface area contributed by atoms with Gasteiger partial charge in [-0.05, 0) is 34.0 Å². The van der Waals surface area contributed by atoms with Gasteiger partial charge in [-0.1, -0.05) is 0 Å². The lowest BCUT2D eigenvalue weighted by Crippen LogP contribution is -2.36. The van der Waals surface area contributed by atoms with E-state index in [-0.39, 0.29) is 18.4 Å². The zero-order chi connectivity index (χ0) is 12.3. The van der Waals surface area contributed by atoms with Gasteiger partial charge in [0.1, 0.15) is 0 Å². The second-order valence-electron chi connectivity index (χ2n) is 4.73. The minimum absolute atomic E-state index is 0.0290. The third kappa shape index (κ3) is 3.20. The standard InChI is InChI=1S/C11H20N2O3/c1-8(4-5-12(2)3)13-7-9(11(15)16)6-10(13)14/h8-9H,4-7H2,1-3H3,(H,15,16). The predicted octanol–water partition coefficient (Wildman–Crippen LogP) is 0.260. The lowest BCUT2D eigenvalue weighted by molar-refractivity contribution is -0.141. The van der Waals surface area contributed by atoms with Crippen LogP contribution in [0.5, 0.6) is 0 Å². The molecular weight excluding hydrogens is 208 g/mol. The first-order valence-electron chi connectivity index (χ1n) is 5.58. The fourth-order valence-corrected chi connectivity index (χ4v) is 1.92. The number of carboxylic acid groups (broad SMARTS) is 1. The van der Waals surface area contributed by atoms with Crippen molar-refractivity contribution in [2.45, 2.75) is 25.8 Å². The summed E-state index contributed by atoms with van der Waals surface area (Å²) in [6.07, 6.45) is 1.03. The summed E-state index contributed by atoms with van der Waals surface area (Å²) < 4.78 is 0. The van der Waals surface area contributed by atoms with Gasteiger partial charge in [0.05, 0.1) is 5.92 Å². The van der Waals surface area contributed by atoms with Crippen LogP contribution in [0.1, 0.15) is 19.8 Å². The summed E-state index contributed by atoms with van der Waals surface area (Å²) in [5.74, 6) is -1.41. The topological polar surface area (TPSA) is 60.9 Å². The highest BCUT2D eigenvalue weighted by atomic mass is 16.4. The molecule has 5 nitrogen and oxygen atoms in total. The Morgan fingerprint density at radius 2 is 2.25 bits per heavy atom. The average molecular weight is 228 g/mol. The minimum atomic E-state index is -0.865. The summed E-state index contributed by atoms with van der Waals surface area (Å²) in [6, 6.07) is 0.124. The summed E-state index contributed by atoms with van der Waals surface area (Å²) in [5.41, 5.74) is 0. The normalized spacial score (nSPS) is 22.9. The average Bonchev–Trinajstić information content (AvgIpc) is 2.57. The molecule has 1 fully saturated rings. The van der Waals surface area contributed by atoms with Crippen LogP contribution in [0.25, 0.3) is 0 Å². The van der Waals surface area contributed by atoms with Gasteiger partial charge in [0.2, 0.25) is 5.91 Å². The van der Waals surface area contributed by atoms with Crippen molar-refractivity contribution in [3.05, 3.63) is 0 Å². The second kappa shape index (κ2) is 5.30. The van der Waals surface area contributed by atoms with Crippen molar-refractivity contribution < 1.29 is 14.7 Å². The van der Waals surface area contributed by atoms with Crippen molar-refractivity contribution in [2.24, 2.45) is 5.92 Å². The molecular formula is C11H20N2O3. The first-order valence-corrected chi connectivity index (χ1v) is 5.58. The molecule has 1 rings (SSSR count). The lowest BCUT2D eigenvalue weighted by atomic mass is 10.1. The van der Waals surface area contributed by atoms with Crippen molar-refractivity contribution in [3.63, 3.8) is 0 Å². The van der Waals surface area contributed by atoms with E-state index in [9.17, 15) is 9.59 Å². The number of likely N-dealkylation sites (tertiary alicyclic amines) is 1. The molecule has 2 atom stereocenters. The van der Waals surface area contributed by atoms with Gasteiger partial charge in [0.15, 0.2) is 0 Å². The zero-order valence-corrected chi connectivity index (χ0v) is 10.1. The number of aliphatic carboxylic acids is 1. The van der Waals surface area contributed by atoms with Crippen molar-refractivity contribution in [1.82, 2.24) is 9.80 Å². The van der Waals surface area contributed by atoms with E-state index in [1.807, 2.05) is 21.0 Å². The first-order chi connectivity index (χ1) is 7.41. The number of rotatable bonds is 5. The Hall–Kier alpha value is -1.10. The molecule has 5 heteroatoms. The van der Waals surface area contributed by atoms with E-state index < -0.39 is 11.9 Å². The largest absolute Gasteiger partial charge is 0.481 e. The first kappa shape index (κ1) is 13.0. The highest BCUT2D eigenvalue weighted by molar-refractivity contribution is 5.86. The number of amides is 1. The molecule has 92 valence electrons. The van der Waals surface area contributed by atoms with E-state index in [1.54, 1.807) is 4.90 Å². The molecule has 1 heterocycles. The molecule has 0 radical (unpaired) electrons. The third-order valence-corrected chi connectivity index (χ3v) is 3.03. The molecule has 0 bridgehead atoms. The van der Waals surface area contributed by atoms with Crippen molar-refractivity contribution in [2.75, 3.05) is 27.2 Å². The van der Waals surface area contributed by atoms with Gasteiger partial charge in [-0.3, -0.25) is 9.59 Å². The molecule has 0 spiro atoms. The molecule has 1 N–H and O–H groups in total. The number of carbonyl (C=O) groups excluding carboxylic acids is 1. The van der Waals surface area contributed by atoms with Crippen LogP contribution in [0.15, 0.2) is 0 Å². The molecule has 0 aromatic carbocycles. The minimum Gasteiger partial charge on any atom is -0.481 e. The van der Waals surface area contributed by atoms with Gasteiger partial charge >= 0.3 is 5.97 Å². The van der Waals surface area contributed by atoms with E-state index in [2.05, 4.69) is 4.90 Å². The van der Waals surface area contributed by atoms with Gasteiger partial charge in [-0.15, -0.1) is 0 Å². The Kier molecular flexibility index (Phi) is 4.29. The third-order valence-electron chi connectivity index (χ3n) is 3.03. The SMILES string of the molecule is CC(CCN(C)C)N1CC(C(=O)O)CC1=O. The van der Waals surface area contributed by atoms with Gasteiger partial charge in [0, 0.05) is 19.0 Å². The monoisotopic (exact) mass is 228 g/mol. The summed E-state index contributed by atoms with van der Waals surface area (Å²) in [5, 5.41) is 8.86. The number of hydrogen-bond donors (Lipinski definition) is 1. The summed E-state index contributed by atoms with van der Waals surface area (Å²) >= 11 is 0. The van der Waals surface area contributed by atoms with E-state index in [1.165, 1.54) is 0 Å². The maximum absolute atomic E-state index is 11.6. The van der Waals surface area contributed by atoms with E-state index >= 15 is 0 Å². The van der Waals surface area contributed by atoms with Crippen molar-refractivity contribution >= 4 is 11.9 Å². The van der Waals surface area contributed by atoms with Crippen LogP contribution in [0, 0.1) is 5.92 Å². The Labute approximate surface area is 96.0 Å². The number of nitrogens with zero attached hydrogens (tertiary/aromatic N) is 2. The zero-order valence-electron chi connectivity index (χ0n) is 10.1. The molecule has 0 aromatic heterocycles. The van der Waals surface area contributed by atoms with Crippen molar-refractivity contribution in [3.8, 4) is 0 Å². The summed E-state index contributed by atoms with van der Waals surface area (Å²) in [4.78, 5) is 26.2. The molecule has 0 aromatic rings. The highest BCUT2D eigenvalue weighted by Crippen LogP contribution is 2.21. The van der Waals surface area contributed by atoms with Crippen LogP contribution in [0.4, 0.5) is 0 Å². The van der Waals surface area contributed by atoms with E-state index in [4.69, 9.17) is 5.11 Å². The van der Waals surface area contributed by atoms with Crippen LogP contribution < -0.4 is 0 Å². The molecule has 1 aliphatic heterocycles. The number of carbonyl (C=O) groups is 2. The Morgan fingerprint density at radius 1 is 1.62 bits per heavy atom. The fourth-order valence-electron chi connectivity index (χ4n) is 1.92. The molecule has 2 unspecified atom stereocenters. The second-order valence-corrected chi connectivity index (χ2v) is 4.73. The lowest BCUT2D eigenvalue weighted by Gasteiger charge is -2.25. The molecule has 1 saturated heterocycles. The van der Waals surface area contributed by atoms with Crippen LogP contribution in [0.2, 0.25) is 0 Å². The fraction of sp³-hybridized carbons (Fsp3) is 0.818. The molecule has 0 aliphatic carbocycles. The van der Waals surface area contributed by atoms with Gasteiger partial charge in [0.25, 0.3) is 0 Å². The number of hydrogen-bond acceptors (Lipinski definition) is 3. The summed E-state index contributed by atoms with van der Waals surface area (Å²) in [6.45, 7) is 3.25. The van der Waals surface area contributed by atoms with Gasteiger partial charge in [-0.25, -0.2) is 0 Å². The van der Waals surface area contributed by atoms with Crippen LogP contribution in [0.3, 0.4) is 0 Å². The number of carboxylic acids is 1. The molecule has 0 saturated carbocycles. The van der Waals surface area contributed by atoms with Gasteiger partial charge < -0.3 is 14.9 Å². The smallest absolute Gasteiger partial charge is 0.308 e. The van der Waals surface area contributed by atoms with Crippen LogP contribution in [-0.4, -0.2) is 60.0 Å². The van der Waals surface area contributed by atoms with Crippen molar-refractivity contribution in [1.29, 1.82) is 0 Å². The Bertz CT molecular complexity index is 278. The Balaban J connectivity index is 2.48. The maximum Gasteiger partial charge on any atom is 0.308 e. The molecule has 1 aliphatic rings. The van der Waals surface area contributed by atoms with Gasteiger partial charge in [-0.2, -0.15) is 0 Å².